The van der Waals surface area contributed by atoms with Crippen LogP contribution in [0.25, 0.3) is 51.5 Å². The molecule has 0 aliphatic rings. The second-order valence-corrected chi connectivity index (χ2v) is 16.6. The SMILES string of the molecule is CCCCCCCCc1ccc(-c2ccc(-c3ccc(-c4ccc(-c5ccc(-c6ccc(CCOCCOCC)s6)s5)cc4)cc3)s2)s1. The molecule has 0 fully saturated rings. The van der Waals surface area contributed by atoms with Crippen molar-refractivity contribution in [2.75, 3.05) is 26.4 Å². The molecule has 4 aromatic heterocycles. The molecule has 6 heteroatoms. The number of thiophene rings is 4. The number of aryl methyl sites for hydroxylation is 1. The highest BCUT2D eigenvalue weighted by Crippen LogP contribution is 2.40. The van der Waals surface area contributed by atoms with Gasteiger partial charge in [0.25, 0.3) is 0 Å². The Hall–Kier alpha value is -2.84. The molecule has 0 aliphatic carbocycles. The Morgan fingerprint density at radius 3 is 1.38 bits per heavy atom. The van der Waals surface area contributed by atoms with Gasteiger partial charge in [-0.15, -0.1) is 45.3 Å². The van der Waals surface area contributed by atoms with E-state index in [1.54, 1.807) is 0 Å². The Balaban J connectivity index is 1.01. The van der Waals surface area contributed by atoms with Crippen molar-refractivity contribution in [3.8, 4) is 51.5 Å². The van der Waals surface area contributed by atoms with E-state index in [1.165, 1.54) is 106 Å². The Kier molecular flexibility index (Phi) is 13.3. The molecule has 0 bridgehead atoms. The average molecular weight is 711 g/mol. The highest BCUT2D eigenvalue weighted by atomic mass is 32.1. The zero-order valence-electron chi connectivity index (χ0n) is 28.2. The first-order chi connectivity index (χ1) is 23.7. The van der Waals surface area contributed by atoms with E-state index in [0.29, 0.717) is 13.2 Å². The highest BCUT2D eigenvalue weighted by Gasteiger charge is 2.11. The molecule has 0 radical (unpaired) electrons. The van der Waals surface area contributed by atoms with E-state index in [4.69, 9.17) is 9.47 Å². The fourth-order valence-corrected chi connectivity index (χ4v) is 10.1. The molecular weight excluding hydrogens is 665 g/mol. The van der Waals surface area contributed by atoms with Gasteiger partial charge in [0.05, 0.1) is 19.8 Å². The summed E-state index contributed by atoms with van der Waals surface area (Å²) in [6.07, 6.45) is 10.3. The standard InChI is InChI=1S/C42H46O2S4/c1-3-5-6-7-8-9-10-35-19-21-39(45-35)41-25-23-37(47-41)33-15-11-31(12-16-33)32-13-17-34(18-14-32)38-24-26-42(48-38)40-22-20-36(46-40)27-28-44-30-29-43-4-2/h11-26H,3-10,27-30H2,1-2H3. The molecule has 48 heavy (non-hydrogen) atoms. The van der Waals surface area contributed by atoms with E-state index in [2.05, 4.69) is 104 Å². The molecule has 0 saturated heterocycles. The molecule has 6 rings (SSSR count). The highest BCUT2D eigenvalue weighted by molar-refractivity contribution is 7.24. The van der Waals surface area contributed by atoms with Crippen molar-refractivity contribution in [2.24, 2.45) is 0 Å². The van der Waals surface area contributed by atoms with Crippen LogP contribution in [0.5, 0.6) is 0 Å². The third kappa shape index (κ3) is 9.65. The summed E-state index contributed by atoms with van der Waals surface area (Å²) in [4.78, 5) is 10.9. The fraction of sp³-hybridized carbons (Fsp3) is 0.333. The van der Waals surface area contributed by atoms with Crippen LogP contribution >= 0.6 is 45.3 Å². The maximum absolute atomic E-state index is 5.70. The van der Waals surface area contributed by atoms with Crippen LogP contribution in [0.2, 0.25) is 0 Å². The molecule has 4 heterocycles. The zero-order valence-corrected chi connectivity index (χ0v) is 31.4. The molecule has 0 aliphatic heterocycles. The molecule has 2 nitrogen and oxygen atoms in total. The maximum atomic E-state index is 5.70. The summed E-state index contributed by atoms with van der Waals surface area (Å²) in [5.41, 5.74) is 5.05. The lowest BCUT2D eigenvalue weighted by Crippen LogP contribution is -2.05. The number of hydrogen-bond donors (Lipinski definition) is 0. The maximum Gasteiger partial charge on any atom is 0.0700 e. The van der Waals surface area contributed by atoms with E-state index in [1.807, 2.05) is 52.3 Å². The minimum atomic E-state index is 0.663. The lowest BCUT2D eigenvalue weighted by atomic mass is 10.0. The van der Waals surface area contributed by atoms with Gasteiger partial charge in [-0.25, -0.2) is 0 Å². The van der Waals surface area contributed by atoms with Crippen molar-refractivity contribution in [1.82, 2.24) is 0 Å². The van der Waals surface area contributed by atoms with E-state index < -0.39 is 0 Å². The molecule has 0 spiro atoms. The molecule has 0 saturated carbocycles. The summed E-state index contributed by atoms with van der Waals surface area (Å²) in [6.45, 7) is 7.11. The van der Waals surface area contributed by atoms with Gasteiger partial charge in [0.2, 0.25) is 0 Å². The van der Waals surface area contributed by atoms with Gasteiger partial charge in [-0.3, -0.25) is 0 Å². The zero-order chi connectivity index (χ0) is 33.0. The van der Waals surface area contributed by atoms with E-state index >= 15 is 0 Å². The molecule has 2 aromatic carbocycles. The predicted octanol–water partition coefficient (Wildman–Crippen LogP) is 13.8. The number of hydrogen-bond acceptors (Lipinski definition) is 6. The Morgan fingerprint density at radius 2 is 0.812 bits per heavy atom. The van der Waals surface area contributed by atoms with Gasteiger partial charge in [0, 0.05) is 52.0 Å². The van der Waals surface area contributed by atoms with Crippen LogP contribution in [-0.2, 0) is 22.3 Å². The van der Waals surface area contributed by atoms with Gasteiger partial charge in [-0.05, 0) is 90.6 Å². The largest absolute Gasteiger partial charge is 0.379 e. The van der Waals surface area contributed by atoms with Crippen LogP contribution in [-0.4, -0.2) is 26.4 Å². The summed E-state index contributed by atoms with van der Waals surface area (Å²) in [5, 5.41) is 0. The molecule has 0 atom stereocenters. The van der Waals surface area contributed by atoms with Crippen LogP contribution < -0.4 is 0 Å². The Labute approximate surface area is 303 Å². The van der Waals surface area contributed by atoms with Gasteiger partial charge < -0.3 is 9.47 Å². The number of rotatable bonds is 19. The Bertz CT molecular complexity index is 1670. The predicted molar refractivity (Wildman–Crippen MR) is 213 cm³/mol. The molecule has 0 unspecified atom stereocenters. The normalized spacial score (nSPS) is 11.5. The quantitative estimate of drug-likeness (QED) is 0.0779. The Morgan fingerprint density at radius 1 is 0.375 bits per heavy atom. The van der Waals surface area contributed by atoms with Crippen molar-refractivity contribution >= 4 is 45.3 Å². The van der Waals surface area contributed by atoms with Crippen LogP contribution in [0.4, 0.5) is 0 Å². The van der Waals surface area contributed by atoms with Gasteiger partial charge in [-0.2, -0.15) is 0 Å². The first kappa shape index (κ1) is 35.0. The van der Waals surface area contributed by atoms with Crippen molar-refractivity contribution in [3.05, 3.63) is 107 Å². The number of ether oxygens (including phenoxy) is 2. The topological polar surface area (TPSA) is 18.5 Å². The summed E-state index contributed by atoms with van der Waals surface area (Å²) >= 11 is 7.61. The average Bonchev–Trinajstić information content (AvgIpc) is 3.95. The van der Waals surface area contributed by atoms with E-state index in [0.717, 1.165) is 19.6 Å². The molecule has 0 amide bonds. The third-order valence-corrected chi connectivity index (χ3v) is 13.5. The van der Waals surface area contributed by atoms with Gasteiger partial charge in [-0.1, -0.05) is 87.6 Å². The fourth-order valence-electron chi connectivity index (χ4n) is 5.81. The van der Waals surface area contributed by atoms with Crippen molar-refractivity contribution < 1.29 is 9.47 Å². The second-order valence-electron chi connectivity index (χ2n) is 12.1. The van der Waals surface area contributed by atoms with Gasteiger partial charge in [0.1, 0.15) is 0 Å². The van der Waals surface area contributed by atoms with E-state index in [9.17, 15) is 0 Å². The van der Waals surface area contributed by atoms with Gasteiger partial charge in [0.15, 0.2) is 0 Å². The van der Waals surface area contributed by atoms with Crippen LogP contribution in [0, 0.1) is 0 Å². The smallest absolute Gasteiger partial charge is 0.0700 e. The van der Waals surface area contributed by atoms with Crippen molar-refractivity contribution in [2.45, 2.75) is 65.2 Å². The second kappa shape index (κ2) is 18.2. The molecule has 0 N–H and O–H groups in total. The van der Waals surface area contributed by atoms with Crippen LogP contribution in [0.15, 0.2) is 97.1 Å². The summed E-state index contributed by atoms with van der Waals surface area (Å²) in [6, 6.07) is 36.3. The molecule has 6 aromatic rings. The van der Waals surface area contributed by atoms with Crippen molar-refractivity contribution in [1.29, 1.82) is 0 Å². The minimum Gasteiger partial charge on any atom is -0.379 e. The number of unbranched alkanes of at least 4 members (excludes halogenated alkanes) is 5. The summed E-state index contributed by atoms with van der Waals surface area (Å²) in [5.74, 6) is 0. The molecule has 250 valence electrons. The van der Waals surface area contributed by atoms with Crippen LogP contribution in [0.1, 0.15) is 62.1 Å². The summed E-state index contributed by atoms with van der Waals surface area (Å²) in [7, 11) is 0. The lowest BCUT2D eigenvalue weighted by molar-refractivity contribution is 0.0543. The van der Waals surface area contributed by atoms with Crippen LogP contribution in [0.3, 0.4) is 0 Å². The van der Waals surface area contributed by atoms with E-state index in [-0.39, 0.29) is 0 Å². The molecular formula is C42H46O2S4. The van der Waals surface area contributed by atoms with Gasteiger partial charge >= 0.3 is 0 Å². The van der Waals surface area contributed by atoms with Crippen molar-refractivity contribution in [3.63, 3.8) is 0 Å². The lowest BCUT2D eigenvalue weighted by Gasteiger charge is -2.05. The first-order valence-corrected chi connectivity index (χ1v) is 20.7. The minimum absolute atomic E-state index is 0.663. The monoisotopic (exact) mass is 710 g/mol. The first-order valence-electron chi connectivity index (χ1n) is 17.4. The summed E-state index contributed by atoms with van der Waals surface area (Å²) < 4.78 is 11.0. The number of benzene rings is 2. The third-order valence-electron chi connectivity index (χ3n) is 8.54.